The van der Waals surface area contributed by atoms with Crippen LogP contribution in [0.5, 0.6) is 5.75 Å². The van der Waals surface area contributed by atoms with Gasteiger partial charge in [0.2, 0.25) is 0 Å². The monoisotopic (exact) mass is 222 g/mol. The third-order valence-electron chi connectivity index (χ3n) is 2.29. The Hall–Kier alpha value is -1.39. The van der Waals surface area contributed by atoms with Crippen molar-refractivity contribution in [2.45, 2.75) is 25.8 Å². The van der Waals surface area contributed by atoms with Crippen LogP contribution in [0.4, 0.5) is 0 Å². The summed E-state index contributed by atoms with van der Waals surface area (Å²) in [5, 5.41) is 0. The van der Waals surface area contributed by atoms with Gasteiger partial charge in [0.15, 0.2) is 0 Å². The first kappa shape index (κ1) is 12.7. The van der Waals surface area contributed by atoms with Crippen LogP contribution in [-0.2, 0) is 4.79 Å². The van der Waals surface area contributed by atoms with Crippen LogP contribution in [0.2, 0.25) is 0 Å². The summed E-state index contributed by atoms with van der Waals surface area (Å²) >= 11 is 0. The molecule has 0 spiro atoms. The first-order valence-electron chi connectivity index (χ1n) is 5.37. The van der Waals surface area contributed by atoms with Crippen molar-refractivity contribution in [3.63, 3.8) is 0 Å². The zero-order valence-corrected chi connectivity index (χ0v) is 9.48. The summed E-state index contributed by atoms with van der Waals surface area (Å²) in [6.45, 7) is 2.03. The molecule has 1 rings (SSSR count). The van der Waals surface area contributed by atoms with Crippen molar-refractivity contribution in [1.29, 1.82) is 0 Å². The highest BCUT2D eigenvalue weighted by Crippen LogP contribution is 2.19. The molecule has 4 nitrogen and oxygen atoms in total. The maximum atomic E-state index is 10.7. The molecule has 0 saturated heterocycles. The second-order valence-corrected chi connectivity index (χ2v) is 3.70. The molecule has 16 heavy (non-hydrogen) atoms. The lowest BCUT2D eigenvalue weighted by Gasteiger charge is -2.11. The predicted octanol–water partition coefficient (Wildman–Crippen LogP) is 1.35. The van der Waals surface area contributed by atoms with E-state index in [9.17, 15) is 4.79 Å². The number of ether oxygens (including phenoxy) is 1. The van der Waals surface area contributed by atoms with Crippen LogP contribution in [-0.4, -0.2) is 12.5 Å². The Kier molecular flexibility index (Phi) is 4.95. The van der Waals surface area contributed by atoms with Gasteiger partial charge in [-0.25, -0.2) is 0 Å². The van der Waals surface area contributed by atoms with Crippen LogP contribution in [0.25, 0.3) is 0 Å². The average molecular weight is 222 g/mol. The lowest BCUT2D eigenvalue weighted by molar-refractivity contribution is -0.131. The largest absolute Gasteiger partial charge is 0.427 e. The van der Waals surface area contributed by atoms with E-state index in [2.05, 4.69) is 0 Å². The second kappa shape index (κ2) is 6.25. The molecule has 4 heteroatoms. The fourth-order valence-corrected chi connectivity index (χ4v) is 1.45. The summed E-state index contributed by atoms with van der Waals surface area (Å²) in [5.41, 5.74) is 12.4. The number of rotatable bonds is 5. The van der Waals surface area contributed by atoms with E-state index in [4.69, 9.17) is 16.2 Å². The second-order valence-electron chi connectivity index (χ2n) is 3.70. The van der Waals surface area contributed by atoms with Crippen molar-refractivity contribution in [3.05, 3.63) is 29.8 Å². The summed E-state index contributed by atoms with van der Waals surface area (Å²) < 4.78 is 4.93. The molecule has 0 radical (unpaired) electrons. The molecule has 0 unspecified atom stereocenters. The number of hydrogen-bond acceptors (Lipinski definition) is 4. The van der Waals surface area contributed by atoms with Crippen LogP contribution >= 0.6 is 0 Å². The van der Waals surface area contributed by atoms with Crippen molar-refractivity contribution in [2.75, 3.05) is 6.54 Å². The Bertz CT molecular complexity index is 335. The fourth-order valence-electron chi connectivity index (χ4n) is 1.45. The Morgan fingerprint density at radius 3 is 2.50 bits per heavy atom. The zero-order chi connectivity index (χ0) is 12.0. The molecular weight excluding hydrogens is 204 g/mol. The molecule has 0 amide bonds. The number of hydrogen-bond donors (Lipinski definition) is 2. The van der Waals surface area contributed by atoms with Gasteiger partial charge in [0, 0.05) is 13.0 Å². The lowest BCUT2D eigenvalue weighted by Crippen LogP contribution is -2.12. The van der Waals surface area contributed by atoms with E-state index >= 15 is 0 Å². The van der Waals surface area contributed by atoms with E-state index < -0.39 is 0 Å². The number of esters is 1. The number of carbonyl (C=O) groups excluding carboxylic acids is 1. The third-order valence-corrected chi connectivity index (χ3v) is 2.29. The van der Waals surface area contributed by atoms with Gasteiger partial charge >= 0.3 is 5.97 Å². The molecule has 0 aliphatic heterocycles. The van der Waals surface area contributed by atoms with Gasteiger partial charge in [-0.15, -0.1) is 0 Å². The van der Waals surface area contributed by atoms with E-state index in [0.717, 1.165) is 18.4 Å². The van der Waals surface area contributed by atoms with Gasteiger partial charge in [0.1, 0.15) is 5.75 Å². The normalized spacial score (nSPS) is 12.2. The minimum atomic E-state index is -0.319. The Balaban J connectivity index is 2.59. The van der Waals surface area contributed by atoms with E-state index in [1.165, 1.54) is 6.92 Å². The van der Waals surface area contributed by atoms with E-state index in [1.54, 1.807) is 12.1 Å². The SMILES string of the molecule is CC(=O)Oc1ccc([C@H](N)CCCN)cc1. The smallest absolute Gasteiger partial charge is 0.308 e. The summed E-state index contributed by atoms with van der Waals surface area (Å²) in [6.07, 6.45) is 1.77. The average Bonchev–Trinajstić information content (AvgIpc) is 2.26. The van der Waals surface area contributed by atoms with Crippen LogP contribution in [0.1, 0.15) is 31.4 Å². The summed E-state index contributed by atoms with van der Waals surface area (Å²) in [5.74, 6) is 0.224. The van der Waals surface area contributed by atoms with E-state index in [-0.39, 0.29) is 12.0 Å². The van der Waals surface area contributed by atoms with Crippen LogP contribution in [0.15, 0.2) is 24.3 Å². The van der Waals surface area contributed by atoms with Gasteiger partial charge in [-0.1, -0.05) is 12.1 Å². The quantitative estimate of drug-likeness (QED) is 0.582. The maximum absolute atomic E-state index is 10.7. The zero-order valence-electron chi connectivity index (χ0n) is 9.48. The highest BCUT2D eigenvalue weighted by atomic mass is 16.5. The standard InChI is InChI=1S/C12H18N2O2/c1-9(15)16-11-6-4-10(5-7-11)12(14)3-2-8-13/h4-7,12H,2-3,8,13-14H2,1H3/t12-/m1/s1. The summed E-state index contributed by atoms with van der Waals surface area (Å²) in [7, 11) is 0. The highest BCUT2D eigenvalue weighted by Gasteiger charge is 2.05. The number of carbonyl (C=O) groups is 1. The van der Waals surface area contributed by atoms with Crippen molar-refractivity contribution < 1.29 is 9.53 Å². The van der Waals surface area contributed by atoms with Crippen LogP contribution < -0.4 is 16.2 Å². The predicted molar refractivity (Wildman–Crippen MR) is 63.0 cm³/mol. The molecule has 4 N–H and O–H groups in total. The van der Waals surface area contributed by atoms with Crippen LogP contribution in [0, 0.1) is 0 Å². The van der Waals surface area contributed by atoms with Gasteiger partial charge in [-0.2, -0.15) is 0 Å². The topological polar surface area (TPSA) is 78.3 Å². The molecular formula is C12H18N2O2. The van der Waals surface area contributed by atoms with Crippen molar-refractivity contribution >= 4 is 5.97 Å². The molecule has 0 bridgehead atoms. The molecule has 88 valence electrons. The molecule has 0 heterocycles. The van der Waals surface area contributed by atoms with Crippen LogP contribution in [0.3, 0.4) is 0 Å². The molecule has 1 aromatic rings. The van der Waals surface area contributed by atoms with Gasteiger partial charge in [-0.05, 0) is 37.1 Å². The van der Waals surface area contributed by atoms with Gasteiger partial charge in [0.25, 0.3) is 0 Å². The van der Waals surface area contributed by atoms with Gasteiger partial charge in [-0.3, -0.25) is 4.79 Å². The first-order chi connectivity index (χ1) is 7.63. The molecule has 0 aromatic heterocycles. The summed E-state index contributed by atoms with van der Waals surface area (Å²) in [4.78, 5) is 10.7. The third kappa shape index (κ3) is 4.00. The van der Waals surface area contributed by atoms with Gasteiger partial charge in [0.05, 0.1) is 0 Å². The fraction of sp³-hybridized carbons (Fsp3) is 0.417. The molecule has 1 atom stereocenters. The first-order valence-corrected chi connectivity index (χ1v) is 5.37. The number of nitrogens with two attached hydrogens (primary N) is 2. The number of benzene rings is 1. The van der Waals surface area contributed by atoms with Crippen molar-refractivity contribution in [2.24, 2.45) is 11.5 Å². The lowest BCUT2D eigenvalue weighted by atomic mass is 10.0. The Morgan fingerprint density at radius 2 is 2.00 bits per heavy atom. The molecule has 0 fully saturated rings. The molecule has 1 aromatic carbocycles. The molecule has 0 aliphatic rings. The Morgan fingerprint density at radius 1 is 1.38 bits per heavy atom. The van der Waals surface area contributed by atoms with Crippen molar-refractivity contribution in [1.82, 2.24) is 0 Å². The molecule has 0 aliphatic carbocycles. The maximum Gasteiger partial charge on any atom is 0.308 e. The summed E-state index contributed by atoms with van der Waals surface area (Å²) in [6, 6.07) is 7.24. The highest BCUT2D eigenvalue weighted by molar-refractivity contribution is 5.69. The minimum Gasteiger partial charge on any atom is -0.427 e. The van der Waals surface area contributed by atoms with Gasteiger partial charge < -0.3 is 16.2 Å². The molecule has 0 saturated carbocycles. The van der Waals surface area contributed by atoms with E-state index in [0.29, 0.717) is 12.3 Å². The Labute approximate surface area is 95.6 Å². The van der Waals surface area contributed by atoms with Crippen molar-refractivity contribution in [3.8, 4) is 5.75 Å². The minimum absolute atomic E-state index is 0.00470. The van der Waals surface area contributed by atoms with E-state index in [1.807, 2.05) is 12.1 Å².